The van der Waals surface area contributed by atoms with Crippen molar-refractivity contribution in [2.24, 2.45) is 5.92 Å². The monoisotopic (exact) mass is 348 g/mol. The molecule has 0 unspecified atom stereocenters. The van der Waals surface area contributed by atoms with Gasteiger partial charge in [0.15, 0.2) is 0 Å². The van der Waals surface area contributed by atoms with Gasteiger partial charge in [-0.15, -0.1) is 0 Å². The smallest absolute Gasteiger partial charge is 0.273 e. The van der Waals surface area contributed by atoms with Gasteiger partial charge in [-0.25, -0.2) is 0 Å². The summed E-state index contributed by atoms with van der Waals surface area (Å²) in [6, 6.07) is 0. The van der Waals surface area contributed by atoms with Gasteiger partial charge in [-0.1, -0.05) is 23.7 Å². The lowest BCUT2D eigenvalue weighted by atomic mass is 9.83. The number of carbonyl (C=O) groups is 1. The van der Waals surface area contributed by atoms with E-state index in [1.165, 1.54) is 18.2 Å². The molecule has 0 radical (unpaired) electrons. The van der Waals surface area contributed by atoms with Gasteiger partial charge in [0, 0.05) is 24.6 Å². The molecule has 0 spiro atoms. The van der Waals surface area contributed by atoms with Crippen LogP contribution in [0.5, 0.6) is 0 Å². The lowest BCUT2D eigenvalue weighted by Crippen LogP contribution is -2.38. The minimum absolute atomic E-state index is 0.0795. The molecule has 1 atom stereocenters. The first-order valence-corrected chi connectivity index (χ1v) is 8.96. The quantitative estimate of drug-likeness (QED) is 0.904. The third kappa shape index (κ3) is 2.73. The van der Waals surface area contributed by atoms with Crippen LogP contribution in [0.3, 0.4) is 0 Å². The van der Waals surface area contributed by atoms with E-state index in [-0.39, 0.29) is 5.91 Å². The number of amides is 1. The van der Waals surface area contributed by atoms with Crippen molar-refractivity contribution in [1.82, 2.24) is 20.3 Å². The Morgan fingerprint density at radius 1 is 1.38 bits per heavy atom. The van der Waals surface area contributed by atoms with Gasteiger partial charge in [-0.3, -0.25) is 9.89 Å². The molecule has 3 heterocycles. The van der Waals surface area contributed by atoms with E-state index in [0.717, 1.165) is 37.1 Å². The summed E-state index contributed by atoms with van der Waals surface area (Å²) in [5.41, 5.74) is 2.85. The minimum Gasteiger partial charge on any atom is -0.361 e. The molecule has 2 aliphatic rings. The number of hydrogen-bond donors (Lipinski definition) is 1. The third-order valence-electron chi connectivity index (χ3n) is 5.29. The molecule has 4 rings (SSSR count). The Hall–Kier alpha value is -1.82. The number of H-pyrrole nitrogens is 1. The van der Waals surface area contributed by atoms with Crippen LogP contribution in [0.4, 0.5) is 0 Å². The van der Waals surface area contributed by atoms with Gasteiger partial charge in [0.25, 0.3) is 5.91 Å². The van der Waals surface area contributed by atoms with Crippen molar-refractivity contribution in [3.8, 4) is 0 Å². The summed E-state index contributed by atoms with van der Waals surface area (Å²) in [7, 11) is 0. The van der Waals surface area contributed by atoms with E-state index in [0.29, 0.717) is 35.6 Å². The summed E-state index contributed by atoms with van der Waals surface area (Å²) in [4.78, 5) is 14.3. The molecule has 1 amide bonds. The number of aryl methyl sites for hydroxylation is 1. The van der Waals surface area contributed by atoms with Gasteiger partial charge in [0.1, 0.15) is 11.5 Å². The van der Waals surface area contributed by atoms with Crippen molar-refractivity contribution in [2.75, 3.05) is 13.1 Å². The van der Waals surface area contributed by atoms with E-state index in [4.69, 9.17) is 16.1 Å². The Bertz CT molecular complexity index is 746. The van der Waals surface area contributed by atoms with E-state index in [1.54, 1.807) is 0 Å². The maximum Gasteiger partial charge on any atom is 0.273 e. The molecule has 24 heavy (non-hydrogen) atoms. The van der Waals surface area contributed by atoms with E-state index in [1.807, 2.05) is 4.90 Å². The van der Waals surface area contributed by atoms with Gasteiger partial charge in [0.05, 0.1) is 16.9 Å². The standard InChI is InChI=1S/C17H21ClN4O2/c1-10-2-3-14-12(8-10)16(24-21-14)11-4-6-22(7-5-11)17(23)15-13(18)9-19-20-15/h9-11H,2-8H2,1H3,(H,19,20)/t10-/m1/s1. The molecule has 2 aromatic rings. The van der Waals surface area contributed by atoms with Gasteiger partial charge in [-0.05, 0) is 38.0 Å². The highest BCUT2D eigenvalue weighted by Crippen LogP contribution is 2.36. The fraction of sp³-hybridized carbons (Fsp3) is 0.588. The SMILES string of the molecule is C[C@@H]1CCc2noc(C3CCN(C(=O)c4[nH]ncc4Cl)CC3)c2C1. The van der Waals surface area contributed by atoms with Crippen molar-refractivity contribution in [3.05, 3.63) is 33.9 Å². The highest BCUT2D eigenvalue weighted by Gasteiger charge is 2.32. The molecule has 0 aromatic carbocycles. The molecule has 0 bridgehead atoms. The first-order chi connectivity index (χ1) is 11.6. The first-order valence-electron chi connectivity index (χ1n) is 8.59. The molecular weight excluding hydrogens is 328 g/mol. The van der Waals surface area contributed by atoms with E-state index < -0.39 is 0 Å². The van der Waals surface area contributed by atoms with Crippen LogP contribution in [-0.4, -0.2) is 39.3 Å². The van der Waals surface area contributed by atoms with Gasteiger partial charge >= 0.3 is 0 Å². The summed E-state index contributed by atoms with van der Waals surface area (Å²) in [5.74, 6) is 2.03. The van der Waals surface area contributed by atoms with Crippen LogP contribution >= 0.6 is 11.6 Å². The molecule has 7 heteroatoms. The summed E-state index contributed by atoms with van der Waals surface area (Å²) in [6.07, 6.45) is 6.54. The van der Waals surface area contributed by atoms with Crippen LogP contribution in [0.2, 0.25) is 5.02 Å². The van der Waals surface area contributed by atoms with E-state index in [9.17, 15) is 4.79 Å². The second-order valence-corrected chi connectivity index (χ2v) is 7.39. The van der Waals surface area contributed by atoms with Crippen LogP contribution in [-0.2, 0) is 12.8 Å². The van der Waals surface area contributed by atoms with E-state index in [2.05, 4.69) is 22.3 Å². The topological polar surface area (TPSA) is 75.0 Å². The zero-order valence-corrected chi connectivity index (χ0v) is 14.5. The average molecular weight is 349 g/mol. The predicted octanol–water partition coefficient (Wildman–Crippen LogP) is 3.20. The van der Waals surface area contributed by atoms with Crippen molar-refractivity contribution in [3.63, 3.8) is 0 Å². The molecule has 1 aliphatic heterocycles. The third-order valence-corrected chi connectivity index (χ3v) is 5.57. The summed E-state index contributed by atoms with van der Waals surface area (Å²) in [5, 5.41) is 11.2. The van der Waals surface area contributed by atoms with Crippen LogP contribution < -0.4 is 0 Å². The summed E-state index contributed by atoms with van der Waals surface area (Å²) >= 11 is 5.99. The molecule has 2 aromatic heterocycles. The number of halogens is 1. The lowest BCUT2D eigenvalue weighted by molar-refractivity contribution is 0.0700. The highest BCUT2D eigenvalue weighted by molar-refractivity contribution is 6.33. The minimum atomic E-state index is -0.0795. The van der Waals surface area contributed by atoms with Crippen LogP contribution in [0, 0.1) is 5.92 Å². The Balaban J connectivity index is 1.45. The number of carbonyl (C=O) groups excluding carboxylic acids is 1. The average Bonchev–Trinajstić information content (AvgIpc) is 3.20. The zero-order valence-electron chi connectivity index (χ0n) is 13.7. The Morgan fingerprint density at radius 3 is 2.88 bits per heavy atom. The number of likely N-dealkylation sites (tertiary alicyclic amines) is 1. The number of hydrogen-bond acceptors (Lipinski definition) is 4. The van der Waals surface area contributed by atoms with E-state index >= 15 is 0 Å². The summed E-state index contributed by atoms with van der Waals surface area (Å²) < 4.78 is 5.70. The first kappa shape index (κ1) is 15.7. The Kier molecular flexibility index (Phi) is 4.08. The molecule has 1 fully saturated rings. The van der Waals surface area contributed by atoms with Gasteiger partial charge in [-0.2, -0.15) is 5.10 Å². The van der Waals surface area contributed by atoms with Gasteiger partial charge < -0.3 is 9.42 Å². The number of piperidine rings is 1. The lowest BCUT2D eigenvalue weighted by Gasteiger charge is -2.31. The number of fused-ring (bicyclic) bond motifs is 1. The number of aromatic amines is 1. The largest absolute Gasteiger partial charge is 0.361 e. The number of aromatic nitrogens is 3. The molecule has 1 aliphatic carbocycles. The molecule has 128 valence electrons. The Morgan fingerprint density at radius 2 is 2.17 bits per heavy atom. The fourth-order valence-electron chi connectivity index (χ4n) is 3.85. The van der Waals surface area contributed by atoms with Crippen molar-refractivity contribution in [2.45, 2.75) is 44.9 Å². The molecule has 6 nitrogen and oxygen atoms in total. The zero-order chi connectivity index (χ0) is 16.7. The maximum absolute atomic E-state index is 12.5. The van der Waals surface area contributed by atoms with Crippen LogP contribution in [0.25, 0.3) is 0 Å². The molecule has 1 saturated heterocycles. The van der Waals surface area contributed by atoms with Crippen molar-refractivity contribution < 1.29 is 9.32 Å². The van der Waals surface area contributed by atoms with Gasteiger partial charge in [0.2, 0.25) is 0 Å². The highest BCUT2D eigenvalue weighted by atomic mass is 35.5. The van der Waals surface area contributed by atoms with Crippen LogP contribution in [0.1, 0.15) is 59.6 Å². The molecule has 1 N–H and O–H groups in total. The van der Waals surface area contributed by atoms with Crippen LogP contribution in [0.15, 0.2) is 10.7 Å². The molecular formula is C17H21ClN4O2. The molecule has 0 saturated carbocycles. The predicted molar refractivity (Wildman–Crippen MR) is 89.2 cm³/mol. The summed E-state index contributed by atoms with van der Waals surface area (Å²) in [6.45, 7) is 3.68. The number of rotatable bonds is 2. The normalized spacial score (nSPS) is 21.8. The van der Waals surface area contributed by atoms with Crippen molar-refractivity contribution >= 4 is 17.5 Å². The maximum atomic E-state index is 12.5. The second-order valence-electron chi connectivity index (χ2n) is 6.98. The second kappa shape index (κ2) is 6.24. The fourth-order valence-corrected chi connectivity index (χ4v) is 4.02. The Labute approximate surface area is 145 Å². The number of nitrogens with zero attached hydrogens (tertiary/aromatic N) is 3. The number of nitrogens with one attached hydrogen (secondary N) is 1. The van der Waals surface area contributed by atoms with Crippen molar-refractivity contribution in [1.29, 1.82) is 0 Å².